The minimum absolute atomic E-state index is 0.102. The first-order chi connectivity index (χ1) is 12.6. The highest BCUT2D eigenvalue weighted by molar-refractivity contribution is 5.78. The second-order valence-corrected chi connectivity index (χ2v) is 8.61. The number of amides is 1. The van der Waals surface area contributed by atoms with Gasteiger partial charge in [-0.2, -0.15) is 0 Å². The van der Waals surface area contributed by atoms with Crippen molar-refractivity contribution in [1.29, 1.82) is 0 Å². The van der Waals surface area contributed by atoms with Crippen LogP contribution in [0.15, 0.2) is 30.3 Å². The lowest BCUT2D eigenvalue weighted by atomic mass is 9.75. The van der Waals surface area contributed by atoms with Crippen LogP contribution in [0.2, 0.25) is 0 Å². The molecule has 1 aromatic rings. The summed E-state index contributed by atoms with van der Waals surface area (Å²) in [4.78, 5) is 16.9. The molecular weight excluding hydrogens is 328 g/mol. The van der Waals surface area contributed by atoms with Gasteiger partial charge in [-0.05, 0) is 37.8 Å². The second-order valence-electron chi connectivity index (χ2n) is 8.61. The normalized spacial score (nSPS) is 28.7. The predicted molar refractivity (Wildman–Crippen MR) is 99.6 cm³/mol. The van der Waals surface area contributed by atoms with Crippen molar-refractivity contribution in [2.75, 3.05) is 39.4 Å². The Hall–Kier alpha value is -1.43. The molecule has 0 radical (unpaired) electrons. The molecule has 3 fully saturated rings. The summed E-state index contributed by atoms with van der Waals surface area (Å²) in [6, 6.07) is 10.3. The highest BCUT2D eigenvalue weighted by atomic mass is 16.5. The average Bonchev–Trinajstić information content (AvgIpc) is 2.61. The molecule has 0 aromatic heterocycles. The van der Waals surface area contributed by atoms with E-state index in [-0.39, 0.29) is 17.7 Å². The molecule has 0 bridgehead atoms. The molecule has 1 unspecified atom stereocenters. The molecule has 5 heteroatoms. The summed E-state index contributed by atoms with van der Waals surface area (Å²) >= 11 is 0. The van der Waals surface area contributed by atoms with Gasteiger partial charge in [0.15, 0.2) is 0 Å². The molecule has 3 aliphatic rings. The van der Waals surface area contributed by atoms with E-state index in [0.717, 1.165) is 58.7 Å². The molecule has 4 rings (SSSR count). The van der Waals surface area contributed by atoms with Gasteiger partial charge in [0.05, 0.1) is 18.6 Å². The number of carbonyl (C=O) groups excluding carboxylic acids is 1. The largest absolute Gasteiger partial charge is 0.388 e. The Morgan fingerprint density at radius 3 is 2.65 bits per heavy atom. The minimum atomic E-state index is -0.893. The quantitative estimate of drug-likeness (QED) is 0.895. The van der Waals surface area contributed by atoms with Crippen molar-refractivity contribution in [2.45, 2.75) is 44.2 Å². The fourth-order valence-electron chi connectivity index (χ4n) is 4.82. The monoisotopic (exact) mass is 358 g/mol. The first-order valence-electron chi connectivity index (χ1n) is 9.90. The maximum atomic E-state index is 12.7. The van der Waals surface area contributed by atoms with E-state index in [2.05, 4.69) is 17.0 Å². The lowest BCUT2D eigenvalue weighted by Crippen LogP contribution is -2.62. The zero-order valence-corrected chi connectivity index (χ0v) is 15.5. The maximum Gasteiger partial charge on any atom is 0.225 e. The molecule has 3 heterocycles. The number of β-amino-alcohol motifs (C(OH)–C–C–N with tert-alkyl or cyclic N) is 1. The zero-order valence-electron chi connectivity index (χ0n) is 15.5. The Kier molecular flexibility index (Phi) is 5.04. The number of likely N-dealkylation sites (tertiary alicyclic amines) is 2. The molecular formula is C21H30N2O3. The van der Waals surface area contributed by atoms with Gasteiger partial charge in [0.25, 0.3) is 0 Å². The first kappa shape index (κ1) is 18.0. The van der Waals surface area contributed by atoms with E-state index < -0.39 is 5.60 Å². The minimum Gasteiger partial charge on any atom is -0.388 e. The molecule has 1 atom stereocenters. The molecule has 3 aliphatic heterocycles. The smallest absolute Gasteiger partial charge is 0.225 e. The number of ether oxygens (including phenoxy) is 1. The SMILES string of the molecule is O=C(CC1(O)CCCN(Cc2ccccc2)C1)N1CC2(CCCOC2)C1. The van der Waals surface area contributed by atoms with Crippen LogP contribution in [-0.2, 0) is 16.1 Å². The van der Waals surface area contributed by atoms with E-state index in [1.54, 1.807) is 0 Å². The van der Waals surface area contributed by atoms with Crippen LogP contribution in [0.5, 0.6) is 0 Å². The highest BCUT2D eigenvalue weighted by Crippen LogP contribution is 2.39. The number of hydrogen-bond acceptors (Lipinski definition) is 4. The summed E-state index contributed by atoms with van der Waals surface area (Å²) in [6.07, 6.45) is 4.15. The number of piperidine rings is 1. The topological polar surface area (TPSA) is 53.0 Å². The Morgan fingerprint density at radius 2 is 1.92 bits per heavy atom. The maximum absolute atomic E-state index is 12.7. The van der Waals surface area contributed by atoms with E-state index in [4.69, 9.17) is 4.74 Å². The third-order valence-corrected chi connectivity index (χ3v) is 6.17. The molecule has 1 amide bonds. The standard InChI is InChI=1S/C21H30N2O3/c24-19(23-14-20(15-23)8-5-11-26-17-20)12-21(25)9-4-10-22(16-21)13-18-6-2-1-3-7-18/h1-3,6-7,25H,4-5,8-17H2. The van der Waals surface area contributed by atoms with Crippen molar-refractivity contribution < 1.29 is 14.6 Å². The van der Waals surface area contributed by atoms with Crippen LogP contribution < -0.4 is 0 Å². The highest BCUT2D eigenvalue weighted by Gasteiger charge is 2.47. The molecule has 1 aromatic carbocycles. The summed E-state index contributed by atoms with van der Waals surface area (Å²) in [7, 11) is 0. The van der Waals surface area contributed by atoms with Crippen molar-refractivity contribution in [3.05, 3.63) is 35.9 Å². The van der Waals surface area contributed by atoms with Gasteiger partial charge in [-0.15, -0.1) is 0 Å². The van der Waals surface area contributed by atoms with Crippen LogP contribution in [-0.4, -0.2) is 65.8 Å². The third-order valence-electron chi connectivity index (χ3n) is 6.17. The molecule has 1 spiro atoms. The van der Waals surface area contributed by atoms with Gasteiger partial charge in [0.1, 0.15) is 0 Å². The molecule has 26 heavy (non-hydrogen) atoms. The van der Waals surface area contributed by atoms with Gasteiger partial charge in [-0.3, -0.25) is 9.69 Å². The number of benzene rings is 1. The van der Waals surface area contributed by atoms with Crippen LogP contribution in [0.3, 0.4) is 0 Å². The van der Waals surface area contributed by atoms with Crippen LogP contribution >= 0.6 is 0 Å². The molecule has 3 saturated heterocycles. The number of rotatable bonds is 4. The van der Waals surface area contributed by atoms with E-state index >= 15 is 0 Å². The first-order valence-corrected chi connectivity index (χ1v) is 9.90. The fourth-order valence-corrected chi connectivity index (χ4v) is 4.82. The number of hydrogen-bond donors (Lipinski definition) is 1. The van der Waals surface area contributed by atoms with Gasteiger partial charge in [0.2, 0.25) is 5.91 Å². The van der Waals surface area contributed by atoms with E-state index in [9.17, 15) is 9.90 Å². The van der Waals surface area contributed by atoms with Gasteiger partial charge >= 0.3 is 0 Å². The number of aliphatic hydroxyl groups is 1. The summed E-state index contributed by atoms with van der Waals surface area (Å²) < 4.78 is 5.60. The van der Waals surface area contributed by atoms with Crippen molar-refractivity contribution in [3.8, 4) is 0 Å². The van der Waals surface area contributed by atoms with Crippen LogP contribution in [0.1, 0.15) is 37.7 Å². The van der Waals surface area contributed by atoms with Crippen molar-refractivity contribution in [1.82, 2.24) is 9.80 Å². The molecule has 142 valence electrons. The van der Waals surface area contributed by atoms with E-state index in [1.165, 1.54) is 5.56 Å². The Balaban J connectivity index is 1.30. The summed E-state index contributed by atoms with van der Waals surface area (Å²) in [5.41, 5.74) is 0.559. The van der Waals surface area contributed by atoms with Gasteiger partial charge < -0.3 is 14.7 Å². The number of nitrogens with zero attached hydrogens (tertiary/aromatic N) is 2. The molecule has 0 saturated carbocycles. The van der Waals surface area contributed by atoms with E-state index in [1.807, 2.05) is 23.1 Å². The predicted octanol–water partition coefficient (Wildman–Crippen LogP) is 2.04. The summed E-state index contributed by atoms with van der Waals surface area (Å²) in [5.74, 6) is 0.102. The van der Waals surface area contributed by atoms with Crippen LogP contribution in [0.25, 0.3) is 0 Å². The van der Waals surface area contributed by atoms with Crippen LogP contribution in [0, 0.1) is 5.41 Å². The summed E-state index contributed by atoms with van der Waals surface area (Å²) in [6.45, 7) is 5.64. The van der Waals surface area contributed by atoms with Gasteiger partial charge in [-0.25, -0.2) is 0 Å². The average molecular weight is 358 g/mol. The zero-order chi connectivity index (χ0) is 18.0. The number of carbonyl (C=O) groups is 1. The fraction of sp³-hybridized carbons (Fsp3) is 0.667. The van der Waals surface area contributed by atoms with Crippen LogP contribution in [0.4, 0.5) is 0 Å². The van der Waals surface area contributed by atoms with Crippen molar-refractivity contribution in [3.63, 3.8) is 0 Å². The second kappa shape index (κ2) is 7.29. The van der Waals surface area contributed by atoms with Crippen molar-refractivity contribution >= 4 is 5.91 Å². The molecule has 1 N–H and O–H groups in total. The Bertz CT molecular complexity index is 621. The lowest BCUT2D eigenvalue weighted by molar-refractivity contribution is -0.160. The van der Waals surface area contributed by atoms with E-state index in [0.29, 0.717) is 13.0 Å². The van der Waals surface area contributed by atoms with Gasteiger partial charge in [-0.1, -0.05) is 30.3 Å². The Morgan fingerprint density at radius 1 is 1.12 bits per heavy atom. The van der Waals surface area contributed by atoms with Crippen molar-refractivity contribution in [2.24, 2.45) is 5.41 Å². The van der Waals surface area contributed by atoms with Gasteiger partial charge in [0, 0.05) is 38.2 Å². The third kappa shape index (κ3) is 3.95. The summed E-state index contributed by atoms with van der Waals surface area (Å²) in [5, 5.41) is 11.0. The molecule has 5 nitrogen and oxygen atoms in total. The Labute approximate surface area is 155 Å². The lowest BCUT2D eigenvalue weighted by Gasteiger charge is -2.52. The molecule has 0 aliphatic carbocycles.